The number of hydrogen-bond donors (Lipinski definition) is 1. The van der Waals surface area contributed by atoms with E-state index in [0.717, 1.165) is 0 Å². The molecule has 1 amide bonds. The highest BCUT2D eigenvalue weighted by atomic mass is 16.5. The molecule has 0 unspecified atom stereocenters. The summed E-state index contributed by atoms with van der Waals surface area (Å²) in [5.74, 6) is 0.307. The van der Waals surface area contributed by atoms with Crippen molar-refractivity contribution < 1.29 is 9.53 Å². The van der Waals surface area contributed by atoms with Crippen LogP contribution >= 0.6 is 0 Å². The molecule has 1 aromatic rings. The number of nitrogens with one attached hydrogen (secondary N) is 1. The second kappa shape index (κ2) is 2.99. The third kappa shape index (κ3) is 1.64. The van der Waals surface area contributed by atoms with Gasteiger partial charge in [0.05, 0.1) is 17.2 Å². The zero-order valence-electron chi connectivity index (χ0n) is 8.50. The van der Waals surface area contributed by atoms with Crippen LogP contribution in [0.1, 0.15) is 29.8 Å². The number of carbonyl (C=O) groups excluding carboxylic acids is 1. The molecule has 0 aromatic heterocycles. The summed E-state index contributed by atoms with van der Waals surface area (Å²) >= 11 is 0. The van der Waals surface area contributed by atoms with Gasteiger partial charge in [-0.15, -0.1) is 0 Å². The van der Waals surface area contributed by atoms with Crippen LogP contribution in [0.2, 0.25) is 0 Å². The van der Waals surface area contributed by atoms with Crippen LogP contribution < -0.4 is 10.1 Å². The molecule has 15 heavy (non-hydrogen) atoms. The van der Waals surface area contributed by atoms with Crippen molar-refractivity contribution in [3.63, 3.8) is 0 Å². The summed E-state index contributed by atoms with van der Waals surface area (Å²) in [6.45, 7) is 3.54. The first-order chi connectivity index (χ1) is 7.02. The second-order valence-electron chi connectivity index (χ2n) is 3.89. The summed E-state index contributed by atoms with van der Waals surface area (Å²) < 4.78 is 5.55. The molecule has 1 heterocycles. The van der Waals surface area contributed by atoms with Gasteiger partial charge in [-0.2, -0.15) is 5.26 Å². The molecule has 0 bridgehead atoms. The van der Waals surface area contributed by atoms with Crippen LogP contribution in [0.3, 0.4) is 0 Å². The van der Waals surface area contributed by atoms with Crippen molar-refractivity contribution in [3.8, 4) is 11.8 Å². The average molecular weight is 202 g/mol. The SMILES string of the molecule is CC1(C)NC(=O)c2cc(C#N)ccc2O1. The van der Waals surface area contributed by atoms with Crippen molar-refractivity contribution in [2.45, 2.75) is 19.6 Å². The fourth-order valence-electron chi connectivity index (χ4n) is 1.51. The van der Waals surface area contributed by atoms with E-state index < -0.39 is 5.72 Å². The number of hydrogen-bond acceptors (Lipinski definition) is 3. The molecule has 1 aliphatic heterocycles. The topological polar surface area (TPSA) is 62.1 Å². The number of nitriles is 1. The molecule has 0 atom stereocenters. The monoisotopic (exact) mass is 202 g/mol. The molecule has 0 radical (unpaired) electrons. The minimum absolute atomic E-state index is 0.210. The van der Waals surface area contributed by atoms with Gasteiger partial charge in [-0.05, 0) is 32.0 Å². The molecule has 76 valence electrons. The predicted octanol–water partition coefficient (Wildman–Crippen LogP) is 1.42. The molecule has 1 aromatic carbocycles. The Labute approximate surface area is 87.5 Å². The molecular weight excluding hydrogens is 192 g/mol. The Morgan fingerprint density at radius 2 is 2.20 bits per heavy atom. The maximum Gasteiger partial charge on any atom is 0.258 e. The summed E-state index contributed by atoms with van der Waals surface area (Å²) in [7, 11) is 0. The first-order valence-corrected chi connectivity index (χ1v) is 4.57. The lowest BCUT2D eigenvalue weighted by Gasteiger charge is -2.33. The van der Waals surface area contributed by atoms with Crippen LogP contribution in [-0.2, 0) is 0 Å². The zero-order chi connectivity index (χ0) is 11.1. The molecule has 1 N–H and O–H groups in total. The summed E-state index contributed by atoms with van der Waals surface area (Å²) in [5.41, 5.74) is 0.165. The lowest BCUT2D eigenvalue weighted by atomic mass is 10.1. The molecular formula is C11H10N2O2. The van der Waals surface area contributed by atoms with Gasteiger partial charge in [-0.1, -0.05) is 0 Å². The number of rotatable bonds is 0. The van der Waals surface area contributed by atoms with Gasteiger partial charge in [0.25, 0.3) is 5.91 Å². The minimum atomic E-state index is -0.696. The number of fused-ring (bicyclic) bond motifs is 1. The Morgan fingerprint density at radius 3 is 2.87 bits per heavy atom. The Bertz CT molecular complexity index is 472. The minimum Gasteiger partial charge on any atom is -0.468 e. The Hall–Kier alpha value is -2.02. The number of benzene rings is 1. The van der Waals surface area contributed by atoms with Gasteiger partial charge in [0.1, 0.15) is 5.75 Å². The largest absolute Gasteiger partial charge is 0.468 e. The van der Waals surface area contributed by atoms with Crippen molar-refractivity contribution in [2.24, 2.45) is 0 Å². The smallest absolute Gasteiger partial charge is 0.258 e. The zero-order valence-corrected chi connectivity index (χ0v) is 8.50. The van der Waals surface area contributed by atoms with Crippen molar-refractivity contribution in [3.05, 3.63) is 29.3 Å². The Morgan fingerprint density at radius 1 is 1.47 bits per heavy atom. The fraction of sp³-hybridized carbons (Fsp3) is 0.273. The molecule has 2 rings (SSSR count). The van der Waals surface area contributed by atoms with E-state index in [4.69, 9.17) is 10.00 Å². The number of nitrogens with zero attached hydrogens (tertiary/aromatic N) is 1. The molecule has 1 aliphatic rings. The molecule has 0 fully saturated rings. The number of ether oxygens (including phenoxy) is 1. The highest BCUT2D eigenvalue weighted by molar-refractivity contribution is 5.98. The van der Waals surface area contributed by atoms with Crippen molar-refractivity contribution in [2.75, 3.05) is 0 Å². The highest BCUT2D eigenvalue weighted by Gasteiger charge is 2.31. The van der Waals surface area contributed by atoms with Crippen molar-refractivity contribution >= 4 is 5.91 Å². The molecule has 0 spiro atoms. The number of amides is 1. The van der Waals surface area contributed by atoms with Crippen LogP contribution in [0.15, 0.2) is 18.2 Å². The fourth-order valence-corrected chi connectivity index (χ4v) is 1.51. The van der Waals surface area contributed by atoms with Gasteiger partial charge < -0.3 is 10.1 Å². The second-order valence-corrected chi connectivity index (χ2v) is 3.89. The van der Waals surface area contributed by atoms with Gasteiger partial charge in [0.15, 0.2) is 5.72 Å². The summed E-state index contributed by atoms with van der Waals surface area (Å²) in [5, 5.41) is 11.4. The summed E-state index contributed by atoms with van der Waals surface area (Å²) in [6.07, 6.45) is 0. The van der Waals surface area contributed by atoms with Gasteiger partial charge in [-0.25, -0.2) is 0 Å². The third-order valence-corrected chi connectivity index (χ3v) is 2.13. The standard InChI is InChI=1S/C11H10N2O2/c1-11(2)13-10(14)8-5-7(6-12)3-4-9(8)15-11/h3-5H,1-2H3,(H,13,14). The summed E-state index contributed by atoms with van der Waals surface area (Å²) in [4.78, 5) is 11.7. The van der Waals surface area contributed by atoms with E-state index in [1.807, 2.05) is 6.07 Å². The normalized spacial score (nSPS) is 17.0. The van der Waals surface area contributed by atoms with E-state index in [0.29, 0.717) is 16.9 Å². The predicted molar refractivity (Wildman–Crippen MR) is 53.3 cm³/mol. The molecule has 4 nitrogen and oxygen atoms in total. The van der Waals surface area contributed by atoms with Gasteiger partial charge in [-0.3, -0.25) is 4.79 Å². The van der Waals surface area contributed by atoms with Crippen LogP contribution in [0.4, 0.5) is 0 Å². The lowest BCUT2D eigenvalue weighted by molar-refractivity contribution is 0.0433. The van der Waals surface area contributed by atoms with Crippen molar-refractivity contribution in [1.82, 2.24) is 5.32 Å². The van der Waals surface area contributed by atoms with Crippen LogP contribution in [0.25, 0.3) is 0 Å². The van der Waals surface area contributed by atoms with Crippen LogP contribution in [-0.4, -0.2) is 11.6 Å². The molecule has 4 heteroatoms. The maximum atomic E-state index is 11.7. The third-order valence-electron chi connectivity index (χ3n) is 2.13. The van der Waals surface area contributed by atoms with Crippen LogP contribution in [0.5, 0.6) is 5.75 Å². The molecule has 0 saturated carbocycles. The van der Waals surface area contributed by atoms with E-state index in [1.54, 1.807) is 26.0 Å². The van der Waals surface area contributed by atoms with Gasteiger partial charge in [0, 0.05) is 0 Å². The molecule has 0 aliphatic carbocycles. The van der Waals surface area contributed by atoms with E-state index in [2.05, 4.69) is 5.32 Å². The van der Waals surface area contributed by atoms with E-state index in [9.17, 15) is 4.79 Å². The lowest BCUT2D eigenvalue weighted by Crippen LogP contribution is -2.51. The van der Waals surface area contributed by atoms with Gasteiger partial charge >= 0.3 is 0 Å². The van der Waals surface area contributed by atoms with E-state index in [-0.39, 0.29) is 5.91 Å². The van der Waals surface area contributed by atoms with E-state index >= 15 is 0 Å². The first-order valence-electron chi connectivity index (χ1n) is 4.57. The first kappa shape index (κ1) is 9.53. The maximum absolute atomic E-state index is 11.7. The van der Waals surface area contributed by atoms with Crippen LogP contribution in [0, 0.1) is 11.3 Å². The number of carbonyl (C=O) groups is 1. The van der Waals surface area contributed by atoms with E-state index in [1.165, 1.54) is 6.07 Å². The Kier molecular flexibility index (Phi) is 1.90. The quantitative estimate of drug-likeness (QED) is 0.692. The van der Waals surface area contributed by atoms with Gasteiger partial charge in [0.2, 0.25) is 0 Å². The Balaban J connectivity index is 2.52. The van der Waals surface area contributed by atoms with Crippen molar-refractivity contribution in [1.29, 1.82) is 5.26 Å². The molecule has 0 saturated heterocycles. The highest BCUT2D eigenvalue weighted by Crippen LogP contribution is 2.27. The average Bonchev–Trinajstić information content (AvgIpc) is 2.15. The summed E-state index contributed by atoms with van der Waals surface area (Å²) in [6, 6.07) is 6.79.